The number of aliphatic hydroxyl groups is 1. The first kappa shape index (κ1) is 17.0. The summed E-state index contributed by atoms with van der Waals surface area (Å²) in [6.07, 6.45) is 8.34. The van der Waals surface area contributed by atoms with Gasteiger partial charge in [0.1, 0.15) is 0 Å². The van der Waals surface area contributed by atoms with Crippen molar-refractivity contribution in [1.29, 1.82) is 0 Å². The minimum atomic E-state index is -0.841. The molecule has 1 aromatic carbocycles. The summed E-state index contributed by atoms with van der Waals surface area (Å²) in [5.41, 5.74) is 1.42. The number of carboxylic acid groups (broad SMARTS) is 1. The number of hydrogen-bond donors (Lipinski definition) is 2. The van der Waals surface area contributed by atoms with E-state index in [4.69, 9.17) is 5.11 Å². The lowest BCUT2D eigenvalue weighted by atomic mass is 9.75. The third kappa shape index (κ3) is 4.33. The summed E-state index contributed by atoms with van der Waals surface area (Å²) in [5, 5.41) is 19.8. The average Bonchev–Trinajstić information content (AvgIpc) is 2.52. The number of carbonyl (C=O) groups is 1. The summed E-state index contributed by atoms with van der Waals surface area (Å²) >= 11 is 0. The average molecular weight is 304 g/mol. The Kier molecular flexibility index (Phi) is 6.01. The predicted molar refractivity (Wildman–Crippen MR) is 87.8 cm³/mol. The first-order valence-corrected chi connectivity index (χ1v) is 8.60. The maximum absolute atomic E-state index is 11.0. The molecule has 0 saturated heterocycles. The zero-order valence-corrected chi connectivity index (χ0v) is 13.6. The van der Waals surface area contributed by atoms with Crippen LogP contribution >= 0.6 is 0 Å². The SMILES string of the molecule is CCCCCCc1ccc(C2(O)CCC(C(=O)O)CC2)cc1. The van der Waals surface area contributed by atoms with Crippen molar-refractivity contribution in [3.8, 4) is 0 Å². The Hall–Kier alpha value is -1.35. The molecule has 0 heterocycles. The molecule has 0 aromatic heterocycles. The molecule has 1 aromatic rings. The van der Waals surface area contributed by atoms with Gasteiger partial charge in [0.15, 0.2) is 0 Å². The molecule has 1 saturated carbocycles. The monoisotopic (exact) mass is 304 g/mol. The van der Waals surface area contributed by atoms with Crippen LogP contribution in [0.4, 0.5) is 0 Å². The number of aryl methyl sites for hydroxylation is 1. The predicted octanol–water partition coefficient (Wildman–Crippen LogP) is 4.27. The molecule has 0 bridgehead atoms. The largest absolute Gasteiger partial charge is 0.481 e. The second kappa shape index (κ2) is 7.77. The van der Waals surface area contributed by atoms with Gasteiger partial charge >= 0.3 is 5.97 Å². The van der Waals surface area contributed by atoms with E-state index in [0.29, 0.717) is 25.7 Å². The molecular formula is C19H28O3. The van der Waals surface area contributed by atoms with Crippen LogP contribution in [0.5, 0.6) is 0 Å². The van der Waals surface area contributed by atoms with Crippen LogP contribution in [0.1, 0.15) is 69.4 Å². The fourth-order valence-electron chi connectivity index (χ4n) is 3.37. The second-order valence-electron chi connectivity index (χ2n) is 6.65. The number of rotatable bonds is 7. The molecule has 2 rings (SSSR count). The van der Waals surface area contributed by atoms with E-state index in [9.17, 15) is 9.90 Å². The lowest BCUT2D eigenvalue weighted by Crippen LogP contribution is -2.33. The van der Waals surface area contributed by atoms with Crippen LogP contribution in [0.3, 0.4) is 0 Å². The molecule has 3 nitrogen and oxygen atoms in total. The van der Waals surface area contributed by atoms with Crippen molar-refractivity contribution in [2.24, 2.45) is 5.92 Å². The highest BCUT2D eigenvalue weighted by atomic mass is 16.4. The van der Waals surface area contributed by atoms with Crippen LogP contribution in [0.25, 0.3) is 0 Å². The Bertz CT molecular complexity index is 470. The fraction of sp³-hybridized carbons (Fsp3) is 0.632. The Morgan fingerprint density at radius 2 is 1.77 bits per heavy atom. The topological polar surface area (TPSA) is 57.5 Å². The van der Waals surface area contributed by atoms with E-state index < -0.39 is 11.6 Å². The molecule has 2 N–H and O–H groups in total. The summed E-state index contributed by atoms with van der Waals surface area (Å²) in [7, 11) is 0. The van der Waals surface area contributed by atoms with E-state index in [1.807, 2.05) is 12.1 Å². The van der Waals surface area contributed by atoms with Crippen molar-refractivity contribution in [1.82, 2.24) is 0 Å². The highest BCUT2D eigenvalue weighted by molar-refractivity contribution is 5.70. The summed E-state index contributed by atoms with van der Waals surface area (Å²) in [4.78, 5) is 11.0. The molecule has 0 spiro atoms. The van der Waals surface area contributed by atoms with E-state index in [0.717, 1.165) is 12.0 Å². The lowest BCUT2D eigenvalue weighted by Gasteiger charge is -2.35. The van der Waals surface area contributed by atoms with Crippen molar-refractivity contribution in [2.75, 3.05) is 0 Å². The molecule has 22 heavy (non-hydrogen) atoms. The van der Waals surface area contributed by atoms with Crippen molar-refractivity contribution >= 4 is 5.97 Å². The highest BCUT2D eigenvalue weighted by Crippen LogP contribution is 2.39. The zero-order chi connectivity index (χ0) is 16.0. The maximum Gasteiger partial charge on any atom is 0.306 e. The third-order valence-electron chi connectivity index (χ3n) is 4.97. The van der Waals surface area contributed by atoms with Gasteiger partial charge in [-0.25, -0.2) is 0 Å². The van der Waals surface area contributed by atoms with Crippen LogP contribution < -0.4 is 0 Å². The minimum Gasteiger partial charge on any atom is -0.481 e. The van der Waals surface area contributed by atoms with Gasteiger partial charge in [0.25, 0.3) is 0 Å². The van der Waals surface area contributed by atoms with E-state index >= 15 is 0 Å². The second-order valence-corrected chi connectivity index (χ2v) is 6.65. The Morgan fingerprint density at radius 1 is 1.14 bits per heavy atom. The van der Waals surface area contributed by atoms with Gasteiger partial charge in [-0.05, 0) is 49.7 Å². The van der Waals surface area contributed by atoms with Crippen LogP contribution in [0, 0.1) is 5.92 Å². The van der Waals surface area contributed by atoms with Gasteiger partial charge in [-0.3, -0.25) is 4.79 Å². The first-order valence-electron chi connectivity index (χ1n) is 8.60. The number of carboxylic acids is 1. The van der Waals surface area contributed by atoms with Crippen LogP contribution in [0.2, 0.25) is 0 Å². The van der Waals surface area contributed by atoms with Crippen molar-refractivity contribution in [3.05, 3.63) is 35.4 Å². The smallest absolute Gasteiger partial charge is 0.306 e. The van der Waals surface area contributed by atoms with Gasteiger partial charge in [0.2, 0.25) is 0 Å². The number of benzene rings is 1. The summed E-state index contributed by atoms with van der Waals surface area (Å²) in [6.45, 7) is 2.22. The van der Waals surface area contributed by atoms with Gasteiger partial charge in [-0.1, -0.05) is 50.5 Å². The molecule has 0 unspecified atom stereocenters. The molecule has 1 aliphatic carbocycles. The first-order chi connectivity index (χ1) is 10.5. The Labute approximate surface area is 133 Å². The van der Waals surface area contributed by atoms with Crippen LogP contribution in [-0.2, 0) is 16.8 Å². The van der Waals surface area contributed by atoms with Gasteiger partial charge in [-0.15, -0.1) is 0 Å². The molecule has 0 amide bonds. The van der Waals surface area contributed by atoms with Gasteiger partial charge in [0, 0.05) is 0 Å². The number of unbranched alkanes of at least 4 members (excludes halogenated alkanes) is 3. The summed E-state index contributed by atoms with van der Waals surface area (Å²) in [6, 6.07) is 8.28. The highest BCUT2D eigenvalue weighted by Gasteiger charge is 2.36. The van der Waals surface area contributed by atoms with E-state index in [1.165, 1.54) is 31.2 Å². The Morgan fingerprint density at radius 3 is 2.32 bits per heavy atom. The fourth-order valence-corrected chi connectivity index (χ4v) is 3.37. The number of aliphatic carboxylic acids is 1. The molecule has 122 valence electrons. The van der Waals surface area contributed by atoms with Gasteiger partial charge < -0.3 is 10.2 Å². The zero-order valence-electron chi connectivity index (χ0n) is 13.6. The van der Waals surface area contributed by atoms with Crippen molar-refractivity contribution in [2.45, 2.75) is 70.3 Å². The molecule has 0 radical (unpaired) electrons. The number of hydrogen-bond acceptors (Lipinski definition) is 2. The van der Waals surface area contributed by atoms with Crippen molar-refractivity contribution in [3.63, 3.8) is 0 Å². The quantitative estimate of drug-likeness (QED) is 0.740. The molecule has 0 atom stereocenters. The van der Waals surface area contributed by atoms with E-state index in [1.54, 1.807) is 0 Å². The molecule has 1 fully saturated rings. The minimum absolute atomic E-state index is 0.293. The molecule has 3 heteroatoms. The standard InChI is InChI=1S/C19H28O3/c1-2-3-4-5-6-15-7-9-17(10-8-15)19(22)13-11-16(12-14-19)18(20)21/h7-10,16,22H,2-6,11-14H2,1H3,(H,20,21). The van der Waals surface area contributed by atoms with Gasteiger partial charge in [-0.2, -0.15) is 0 Å². The normalized spacial score (nSPS) is 25.1. The molecule has 0 aliphatic heterocycles. The summed E-state index contributed by atoms with van der Waals surface area (Å²) in [5.74, 6) is -1.03. The van der Waals surface area contributed by atoms with Crippen LogP contribution in [0.15, 0.2) is 24.3 Å². The Balaban J connectivity index is 1.91. The van der Waals surface area contributed by atoms with Crippen molar-refractivity contribution < 1.29 is 15.0 Å². The van der Waals surface area contributed by atoms with Crippen LogP contribution in [-0.4, -0.2) is 16.2 Å². The molecular weight excluding hydrogens is 276 g/mol. The molecule has 1 aliphatic rings. The third-order valence-corrected chi connectivity index (χ3v) is 4.97. The van der Waals surface area contributed by atoms with Gasteiger partial charge in [0.05, 0.1) is 11.5 Å². The maximum atomic E-state index is 11.0. The lowest BCUT2D eigenvalue weighted by molar-refractivity contribution is -0.145. The van der Waals surface area contributed by atoms with E-state index in [-0.39, 0.29) is 5.92 Å². The van der Waals surface area contributed by atoms with E-state index in [2.05, 4.69) is 19.1 Å². The summed E-state index contributed by atoms with van der Waals surface area (Å²) < 4.78 is 0.